The molecule has 1 saturated carbocycles. The molecular weight excluding hydrogens is 176 g/mol. The van der Waals surface area contributed by atoms with E-state index < -0.39 is 0 Å². The minimum Gasteiger partial charge on any atom is -0.353 e. The van der Waals surface area contributed by atoms with Gasteiger partial charge in [-0.1, -0.05) is 13.8 Å². The zero-order valence-corrected chi connectivity index (χ0v) is 9.25. The number of hydrogen-bond donors (Lipinski definition) is 2. The Morgan fingerprint density at radius 2 is 2.07 bits per heavy atom. The lowest BCUT2D eigenvalue weighted by atomic mass is 10.1. The van der Waals surface area contributed by atoms with Crippen LogP contribution in [-0.2, 0) is 4.79 Å². The normalized spacial score (nSPS) is 26.9. The lowest BCUT2D eigenvalue weighted by Crippen LogP contribution is -2.37. The zero-order valence-electron chi connectivity index (χ0n) is 9.25. The van der Waals surface area contributed by atoms with Crippen molar-refractivity contribution in [1.29, 1.82) is 0 Å². The highest BCUT2D eigenvalue weighted by Crippen LogP contribution is 2.24. The van der Waals surface area contributed by atoms with Gasteiger partial charge < -0.3 is 11.1 Å². The van der Waals surface area contributed by atoms with Gasteiger partial charge in [0.05, 0.1) is 0 Å². The maximum Gasteiger partial charge on any atom is 0.223 e. The van der Waals surface area contributed by atoms with Crippen LogP contribution in [0.5, 0.6) is 0 Å². The Balaban J connectivity index is 2.34. The smallest absolute Gasteiger partial charge is 0.223 e. The van der Waals surface area contributed by atoms with E-state index in [1.165, 1.54) is 0 Å². The third-order valence-electron chi connectivity index (χ3n) is 3.18. The number of amides is 1. The summed E-state index contributed by atoms with van der Waals surface area (Å²) in [4.78, 5) is 11.8. The molecule has 0 aliphatic heterocycles. The molecule has 0 aromatic carbocycles. The van der Waals surface area contributed by atoms with Crippen LogP contribution in [0.15, 0.2) is 0 Å². The van der Waals surface area contributed by atoms with Crippen LogP contribution in [-0.4, -0.2) is 18.0 Å². The molecule has 0 heterocycles. The van der Waals surface area contributed by atoms with Gasteiger partial charge in [-0.3, -0.25) is 4.79 Å². The first-order valence-corrected chi connectivity index (χ1v) is 5.73. The molecule has 2 atom stereocenters. The summed E-state index contributed by atoms with van der Waals surface area (Å²) >= 11 is 0. The summed E-state index contributed by atoms with van der Waals surface area (Å²) in [6, 6.07) is 0.590. The Bertz CT molecular complexity index is 190. The van der Waals surface area contributed by atoms with E-state index in [4.69, 9.17) is 5.73 Å². The monoisotopic (exact) mass is 198 g/mol. The van der Waals surface area contributed by atoms with Gasteiger partial charge in [-0.2, -0.15) is 0 Å². The Morgan fingerprint density at radius 1 is 1.43 bits per heavy atom. The molecular formula is C11H22N2O. The van der Waals surface area contributed by atoms with Crippen molar-refractivity contribution < 1.29 is 4.79 Å². The highest BCUT2D eigenvalue weighted by Gasteiger charge is 2.28. The standard InChI is InChI=1S/C11H22N2O/c1-3-10(4-2)13-11(14)8-5-6-9(12)7-8/h8-10H,3-7,12H2,1-2H3,(H,13,14). The molecule has 0 radical (unpaired) electrons. The van der Waals surface area contributed by atoms with Crippen molar-refractivity contribution in [2.75, 3.05) is 0 Å². The van der Waals surface area contributed by atoms with Crippen molar-refractivity contribution >= 4 is 5.91 Å². The number of rotatable bonds is 4. The molecule has 0 spiro atoms. The average molecular weight is 198 g/mol. The predicted molar refractivity (Wildman–Crippen MR) is 57.8 cm³/mol. The van der Waals surface area contributed by atoms with Crippen LogP contribution in [0.4, 0.5) is 0 Å². The van der Waals surface area contributed by atoms with Gasteiger partial charge in [0.15, 0.2) is 0 Å². The van der Waals surface area contributed by atoms with Crippen molar-refractivity contribution in [2.45, 2.75) is 58.0 Å². The van der Waals surface area contributed by atoms with Gasteiger partial charge >= 0.3 is 0 Å². The number of hydrogen-bond acceptors (Lipinski definition) is 2. The second-order valence-electron chi connectivity index (χ2n) is 4.29. The van der Waals surface area contributed by atoms with Crippen LogP contribution in [0.25, 0.3) is 0 Å². The molecule has 3 N–H and O–H groups in total. The predicted octanol–water partition coefficient (Wildman–Crippen LogP) is 1.42. The molecule has 1 fully saturated rings. The van der Waals surface area contributed by atoms with Crippen molar-refractivity contribution in [3.63, 3.8) is 0 Å². The second-order valence-corrected chi connectivity index (χ2v) is 4.29. The number of nitrogens with two attached hydrogens (primary N) is 1. The Hall–Kier alpha value is -0.570. The summed E-state index contributed by atoms with van der Waals surface area (Å²) in [6.45, 7) is 4.21. The summed E-state index contributed by atoms with van der Waals surface area (Å²) < 4.78 is 0. The van der Waals surface area contributed by atoms with Crippen LogP contribution in [0.1, 0.15) is 46.0 Å². The molecule has 14 heavy (non-hydrogen) atoms. The fourth-order valence-corrected chi connectivity index (χ4v) is 2.07. The van der Waals surface area contributed by atoms with E-state index in [1.54, 1.807) is 0 Å². The van der Waals surface area contributed by atoms with E-state index in [0.29, 0.717) is 6.04 Å². The number of carbonyl (C=O) groups excluding carboxylic acids is 1. The molecule has 1 aliphatic rings. The number of carbonyl (C=O) groups is 1. The van der Waals surface area contributed by atoms with Crippen LogP contribution < -0.4 is 11.1 Å². The topological polar surface area (TPSA) is 55.1 Å². The van der Waals surface area contributed by atoms with Gasteiger partial charge in [0.1, 0.15) is 0 Å². The number of nitrogens with one attached hydrogen (secondary N) is 1. The maximum absolute atomic E-state index is 11.8. The Kier molecular flexibility index (Phi) is 4.39. The minimum absolute atomic E-state index is 0.172. The van der Waals surface area contributed by atoms with E-state index in [0.717, 1.165) is 32.1 Å². The summed E-state index contributed by atoms with van der Waals surface area (Å²) in [6.07, 6.45) is 4.86. The molecule has 82 valence electrons. The van der Waals surface area contributed by atoms with E-state index >= 15 is 0 Å². The largest absolute Gasteiger partial charge is 0.353 e. The molecule has 0 bridgehead atoms. The third kappa shape index (κ3) is 2.98. The summed E-state index contributed by atoms with van der Waals surface area (Å²) in [5, 5.41) is 3.08. The lowest BCUT2D eigenvalue weighted by molar-refractivity contribution is -0.125. The lowest BCUT2D eigenvalue weighted by Gasteiger charge is -2.17. The van der Waals surface area contributed by atoms with Crippen molar-refractivity contribution in [3.05, 3.63) is 0 Å². The van der Waals surface area contributed by atoms with Gasteiger partial charge in [0, 0.05) is 18.0 Å². The quantitative estimate of drug-likeness (QED) is 0.717. The van der Waals surface area contributed by atoms with Crippen LogP contribution in [0, 0.1) is 5.92 Å². The van der Waals surface area contributed by atoms with Crippen LogP contribution in [0.2, 0.25) is 0 Å². The third-order valence-corrected chi connectivity index (χ3v) is 3.18. The average Bonchev–Trinajstić information content (AvgIpc) is 2.61. The molecule has 1 aliphatic carbocycles. The Morgan fingerprint density at radius 3 is 2.50 bits per heavy atom. The zero-order chi connectivity index (χ0) is 10.6. The molecule has 0 aromatic heterocycles. The molecule has 3 nitrogen and oxygen atoms in total. The van der Waals surface area contributed by atoms with E-state index in [1.807, 2.05) is 0 Å². The van der Waals surface area contributed by atoms with Crippen LogP contribution in [0.3, 0.4) is 0 Å². The fraction of sp³-hybridized carbons (Fsp3) is 0.909. The molecule has 1 amide bonds. The van der Waals surface area contributed by atoms with Gasteiger partial charge in [-0.05, 0) is 32.1 Å². The second kappa shape index (κ2) is 5.35. The molecule has 0 saturated heterocycles. The Labute approximate surface area is 86.4 Å². The minimum atomic E-state index is 0.172. The maximum atomic E-state index is 11.8. The van der Waals surface area contributed by atoms with Gasteiger partial charge in [0.2, 0.25) is 5.91 Å². The van der Waals surface area contributed by atoms with Crippen LogP contribution >= 0.6 is 0 Å². The van der Waals surface area contributed by atoms with Crippen molar-refractivity contribution in [2.24, 2.45) is 11.7 Å². The first-order chi connectivity index (χ1) is 6.67. The SMILES string of the molecule is CCC(CC)NC(=O)C1CCC(N)C1. The fourth-order valence-electron chi connectivity index (χ4n) is 2.07. The molecule has 3 heteroatoms. The van der Waals surface area contributed by atoms with E-state index in [-0.39, 0.29) is 17.9 Å². The van der Waals surface area contributed by atoms with Gasteiger partial charge in [-0.25, -0.2) is 0 Å². The first kappa shape index (κ1) is 11.5. The van der Waals surface area contributed by atoms with E-state index in [9.17, 15) is 4.79 Å². The van der Waals surface area contributed by atoms with E-state index in [2.05, 4.69) is 19.2 Å². The highest BCUT2D eigenvalue weighted by molar-refractivity contribution is 5.79. The molecule has 1 rings (SSSR count). The van der Waals surface area contributed by atoms with Gasteiger partial charge in [-0.15, -0.1) is 0 Å². The highest BCUT2D eigenvalue weighted by atomic mass is 16.1. The van der Waals surface area contributed by atoms with Crippen molar-refractivity contribution in [1.82, 2.24) is 5.32 Å². The first-order valence-electron chi connectivity index (χ1n) is 5.73. The van der Waals surface area contributed by atoms with Gasteiger partial charge in [0.25, 0.3) is 0 Å². The summed E-state index contributed by atoms with van der Waals surface area (Å²) in [7, 11) is 0. The summed E-state index contributed by atoms with van der Waals surface area (Å²) in [5.74, 6) is 0.386. The summed E-state index contributed by atoms with van der Waals surface area (Å²) in [5.41, 5.74) is 5.78. The van der Waals surface area contributed by atoms with Crippen molar-refractivity contribution in [3.8, 4) is 0 Å². The molecule has 2 unspecified atom stereocenters. The molecule has 0 aromatic rings.